The summed E-state index contributed by atoms with van der Waals surface area (Å²) in [5, 5.41) is 0. The molecule has 1 aliphatic rings. The fraction of sp³-hybridized carbons (Fsp3) is 0.417. The molecule has 0 saturated carbocycles. The molecule has 1 unspecified atom stereocenters. The summed E-state index contributed by atoms with van der Waals surface area (Å²) in [5.41, 5.74) is 1.02. The Labute approximate surface area is 94.1 Å². The van der Waals surface area contributed by atoms with E-state index in [1.807, 2.05) is 18.2 Å². The van der Waals surface area contributed by atoms with Crippen LogP contribution in [0.2, 0.25) is 0 Å². The number of carbonyl (C=O) groups excluding carboxylic acids is 1. The van der Waals surface area contributed by atoms with Gasteiger partial charge in [-0.1, -0.05) is 0 Å². The molecule has 2 rings (SSSR count). The SMILES string of the molecule is COC(=O)CC1COc2ccc(OC)cc21. The molecule has 86 valence electrons. The van der Waals surface area contributed by atoms with Gasteiger partial charge in [-0.15, -0.1) is 0 Å². The summed E-state index contributed by atoms with van der Waals surface area (Å²) in [6, 6.07) is 5.63. The summed E-state index contributed by atoms with van der Waals surface area (Å²) in [4.78, 5) is 11.2. The molecule has 0 aromatic heterocycles. The first-order valence-electron chi connectivity index (χ1n) is 5.12. The number of fused-ring (bicyclic) bond motifs is 1. The van der Waals surface area contributed by atoms with Crippen LogP contribution in [0.15, 0.2) is 18.2 Å². The van der Waals surface area contributed by atoms with Gasteiger partial charge in [0.15, 0.2) is 0 Å². The van der Waals surface area contributed by atoms with Gasteiger partial charge in [-0.2, -0.15) is 0 Å². The van der Waals surface area contributed by atoms with Crippen LogP contribution in [0.5, 0.6) is 11.5 Å². The van der Waals surface area contributed by atoms with Gasteiger partial charge in [-0.25, -0.2) is 0 Å². The minimum absolute atomic E-state index is 0.0672. The number of carbonyl (C=O) groups is 1. The van der Waals surface area contributed by atoms with E-state index in [1.165, 1.54) is 7.11 Å². The van der Waals surface area contributed by atoms with E-state index in [0.717, 1.165) is 17.1 Å². The summed E-state index contributed by atoms with van der Waals surface area (Å²) in [6.07, 6.45) is 0.344. The van der Waals surface area contributed by atoms with Gasteiger partial charge in [0.05, 0.1) is 27.2 Å². The molecule has 0 N–H and O–H groups in total. The van der Waals surface area contributed by atoms with Gasteiger partial charge in [0.25, 0.3) is 0 Å². The largest absolute Gasteiger partial charge is 0.497 e. The predicted octanol–water partition coefficient (Wildman–Crippen LogP) is 1.73. The highest BCUT2D eigenvalue weighted by atomic mass is 16.5. The molecule has 1 atom stereocenters. The minimum Gasteiger partial charge on any atom is -0.497 e. The first kappa shape index (κ1) is 10.8. The Morgan fingerprint density at radius 1 is 1.50 bits per heavy atom. The Morgan fingerprint density at radius 2 is 2.31 bits per heavy atom. The van der Waals surface area contributed by atoms with Crippen molar-refractivity contribution in [1.82, 2.24) is 0 Å². The molecule has 1 aliphatic heterocycles. The highest BCUT2D eigenvalue weighted by Gasteiger charge is 2.27. The van der Waals surface area contributed by atoms with Crippen LogP contribution in [-0.2, 0) is 9.53 Å². The van der Waals surface area contributed by atoms with Crippen molar-refractivity contribution >= 4 is 5.97 Å². The van der Waals surface area contributed by atoms with Crippen LogP contribution in [-0.4, -0.2) is 26.8 Å². The Morgan fingerprint density at radius 3 is 3.00 bits per heavy atom. The van der Waals surface area contributed by atoms with Crippen LogP contribution < -0.4 is 9.47 Å². The summed E-state index contributed by atoms with van der Waals surface area (Å²) in [7, 11) is 3.01. The van der Waals surface area contributed by atoms with E-state index in [-0.39, 0.29) is 11.9 Å². The second kappa shape index (κ2) is 4.43. The maximum atomic E-state index is 11.2. The number of hydrogen-bond donors (Lipinski definition) is 0. The van der Waals surface area contributed by atoms with E-state index in [0.29, 0.717) is 13.0 Å². The van der Waals surface area contributed by atoms with Gasteiger partial charge in [-0.05, 0) is 18.2 Å². The van der Waals surface area contributed by atoms with Crippen molar-refractivity contribution in [2.24, 2.45) is 0 Å². The third kappa shape index (κ3) is 1.96. The predicted molar refractivity (Wildman–Crippen MR) is 57.9 cm³/mol. The van der Waals surface area contributed by atoms with Gasteiger partial charge in [0.2, 0.25) is 0 Å². The van der Waals surface area contributed by atoms with Crippen LogP contribution in [0.4, 0.5) is 0 Å². The van der Waals surface area contributed by atoms with Crippen molar-refractivity contribution < 1.29 is 19.0 Å². The Bertz CT molecular complexity index is 400. The Kier molecular flexibility index (Phi) is 2.99. The zero-order valence-electron chi connectivity index (χ0n) is 9.36. The molecule has 0 aliphatic carbocycles. The minimum atomic E-state index is -0.218. The molecule has 1 aromatic carbocycles. The third-order valence-electron chi connectivity index (χ3n) is 2.74. The van der Waals surface area contributed by atoms with Crippen LogP contribution in [0, 0.1) is 0 Å². The van der Waals surface area contributed by atoms with Crippen molar-refractivity contribution in [2.75, 3.05) is 20.8 Å². The first-order chi connectivity index (χ1) is 7.74. The third-order valence-corrected chi connectivity index (χ3v) is 2.74. The Hall–Kier alpha value is -1.71. The lowest BCUT2D eigenvalue weighted by Gasteiger charge is -2.07. The van der Waals surface area contributed by atoms with E-state index >= 15 is 0 Å². The number of ether oxygens (including phenoxy) is 3. The fourth-order valence-electron chi connectivity index (χ4n) is 1.84. The van der Waals surface area contributed by atoms with Gasteiger partial charge in [0, 0.05) is 11.5 Å². The zero-order chi connectivity index (χ0) is 11.5. The molecule has 1 aromatic rings. The number of esters is 1. The van der Waals surface area contributed by atoms with Crippen molar-refractivity contribution in [3.63, 3.8) is 0 Å². The summed E-state index contributed by atoms with van der Waals surface area (Å²) in [5.74, 6) is 1.45. The lowest BCUT2D eigenvalue weighted by atomic mass is 9.98. The van der Waals surface area contributed by atoms with Crippen LogP contribution in [0.3, 0.4) is 0 Å². The molecule has 4 heteroatoms. The molecular formula is C12H14O4. The molecular weight excluding hydrogens is 208 g/mol. The van der Waals surface area contributed by atoms with Crippen LogP contribution in [0.1, 0.15) is 17.9 Å². The maximum absolute atomic E-state index is 11.2. The van der Waals surface area contributed by atoms with E-state index in [1.54, 1.807) is 7.11 Å². The second-order valence-corrected chi connectivity index (χ2v) is 3.69. The number of benzene rings is 1. The molecule has 0 radical (unpaired) electrons. The second-order valence-electron chi connectivity index (χ2n) is 3.69. The lowest BCUT2D eigenvalue weighted by molar-refractivity contribution is -0.141. The van der Waals surface area contributed by atoms with Crippen molar-refractivity contribution in [3.05, 3.63) is 23.8 Å². The van der Waals surface area contributed by atoms with Crippen LogP contribution >= 0.6 is 0 Å². The average molecular weight is 222 g/mol. The number of hydrogen-bond acceptors (Lipinski definition) is 4. The normalized spacial score (nSPS) is 17.5. The molecule has 0 amide bonds. The van der Waals surface area contributed by atoms with E-state index in [4.69, 9.17) is 9.47 Å². The summed E-state index contributed by atoms with van der Waals surface area (Å²) < 4.78 is 15.3. The van der Waals surface area contributed by atoms with Gasteiger partial charge < -0.3 is 14.2 Å². The molecule has 0 spiro atoms. The Balaban J connectivity index is 2.20. The molecule has 1 heterocycles. The van der Waals surface area contributed by atoms with Crippen LogP contribution in [0.25, 0.3) is 0 Å². The molecule has 0 bridgehead atoms. The van der Waals surface area contributed by atoms with E-state index in [2.05, 4.69) is 4.74 Å². The molecule has 16 heavy (non-hydrogen) atoms. The topological polar surface area (TPSA) is 44.8 Å². The maximum Gasteiger partial charge on any atom is 0.306 e. The van der Waals surface area contributed by atoms with Crippen molar-refractivity contribution in [3.8, 4) is 11.5 Å². The zero-order valence-corrected chi connectivity index (χ0v) is 9.36. The molecule has 4 nitrogen and oxygen atoms in total. The average Bonchev–Trinajstić information content (AvgIpc) is 2.71. The first-order valence-corrected chi connectivity index (χ1v) is 5.12. The summed E-state index contributed by atoms with van der Waals surface area (Å²) >= 11 is 0. The molecule has 0 saturated heterocycles. The monoisotopic (exact) mass is 222 g/mol. The van der Waals surface area contributed by atoms with Crippen molar-refractivity contribution in [1.29, 1.82) is 0 Å². The van der Waals surface area contributed by atoms with Gasteiger partial charge in [0.1, 0.15) is 11.5 Å². The van der Waals surface area contributed by atoms with Gasteiger partial charge >= 0.3 is 5.97 Å². The van der Waals surface area contributed by atoms with Gasteiger partial charge in [-0.3, -0.25) is 4.79 Å². The van der Waals surface area contributed by atoms with E-state index in [9.17, 15) is 4.79 Å². The molecule has 0 fully saturated rings. The quantitative estimate of drug-likeness (QED) is 0.731. The highest BCUT2D eigenvalue weighted by Crippen LogP contribution is 2.38. The summed E-state index contributed by atoms with van der Waals surface area (Å²) in [6.45, 7) is 0.525. The smallest absolute Gasteiger partial charge is 0.306 e. The fourth-order valence-corrected chi connectivity index (χ4v) is 1.84. The highest BCUT2D eigenvalue weighted by molar-refractivity contribution is 5.71. The number of methoxy groups -OCH3 is 2. The van der Waals surface area contributed by atoms with Crippen molar-refractivity contribution in [2.45, 2.75) is 12.3 Å². The standard InChI is InChI=1S/C12H14O4/c1-14-9-3-4-11-10(6-9)8(7-16-11)5-12(13)15-2/h3-4,6,8H,5,7H2,1-2H3. The van der Waals surface area contributed by atoms with E-state index < -0.39 is 0 Å². The number of rotatable bonds is 3. The lowest BCUT2D eigenvalue weighted by Crippen LogP contribution is -2.09.